The van der Waals surface area contributed by atoms with Gasteiger partial charge in [0.2, 0.25) is 11.8 Å². The van der Waals surface area contributed by atoms with Crippen LogP contribution in [0.4, 0.5) is 11.4 Å². The van der Waals surface area contributed by atoms with E-state index in [-0.39, 0.29) is 35.9 Å². The number of amides is 2. The van der Waals surface area contributed by atoms with Gasteiger partial charge in [-0.1, -0.05) is 12.1 Å². The Kier molecular flexibility index (Phi) is 5.58. The SMILES string of the molecule is C[C@@H]1CN(c2ccccc2NC(=O)[C@H]2CCCN(C(=O)C3CC3)C2)C[C@H](C)O1. The molecule has 152 valence electrons. The molecule has 3 fully saturated rings. The fourth-order valence-electron chi connectivity index (χ4n) is 4.44. The summed E-state index contributed by atoms with van der Waals surface area (Å²) < 4.78 is 5.85. The molecule has 1 N–H and O–H groups in total. The average Bonchev–Trinajstić information content (AvgIpc) is 3.52. The van der Waals surface area contributed by atoms with Gasteiger partial charge in [0.15, 0.2) is 0 Å². The molecule has 6 heteroatoms. The van der Waals surface area contributed by atoms with Crippen LogP contribution in [0, 0.1) is 11.8 Å². The molecule has 0 spiro atoms. The van der Waals surface area contributed by atoms with E-state index in [1.807, 2.05) is 23.1 Å². The molecule has 4 rings (SSSR count). The van der Waals surface area contributed by atoms with Crippen LogP contribution in [-0.4, -0.2) is 55.1 Å². The Morgan fingerprint density at radius 1 is 1.00 bits per heavy atom. The van der Waals surface area contributed by atoms with Gasteiger partial charge in [-0.05, 0) is 51.7 Å². The summed E-state index contributed by atoms with van der Waals surface area (Å²) in [7, 11) is 0. The van der Waals surface area contributed by atoms with E-state index in [2.05, 4.69) is 30.1 Å². The Morgan fingerprint density at radius 3 is 2.43 bits per heavy atom. The van der Waals surface area contributed by atoms with Gasteiger partial charge >= 0.3 is 0 Å². The number of benzene rings is 1. The second-order valence-electron chi connectivity index (χ2n) is 8.57. The molecule has 0 bridgehead atoms. The highest BCUT2D eigenvalue weighted by Gasteiger charge is 2.37. The maximum absolute atomic E-state index is 13.0. The molecule has 2 amide bonds. The van der Waals surface area contributed by atoms with Crippen LogP contribution in [-0.2, 0) is 14.3 Å². The second-order valence-corrected chi connectivity index (χ2v) is 8.57. The standard InChI is InChI=1S/C22H31N3O3/c1-15-12-25(13-16(2)28-15)20-8-4-3-7-19(20)23-21(26)18-6-5-11-24(14-18)22(27)17-9-10-17/h3-4,7-8,15-18H,5-6,9-14H2,1-2H3,(H,23,26)/t15-,16+,18-/m0/s1. The fourth-order valence-corrected chi connectivity index (χ4v) is 4.44. The van der Waals surface area contributed by atoms with Crippen LogP contribution < -0.4 is 10.2 Å². The summed E-state index contributed by atoms with van der Waals surface area (Å²) in [6, 6.07) is 7.99. The van der Waals surface area contributed by atoms with Gasteiger partial charge in [-0.2, -0.15) is 0 Å². The van der Waals surface area contributed by atoms with Crippen molar-refractivity contribution in [3.8, 4) is 0 Å². The second kappa shape index (κ2) is 8.11. The van der Waals surface area contributed by atoms with Gasteiger partial charge in [-0.3, -0.25) is 9.59 Å². The molecule has 2 heterocycles. The molecular formula is C22H31N3O3. The zero-order chi connectivity index (χ0) is 19.7. The molecule has 3 aliphatic rings. The van der Waals surface area contributed by atoms with E-state index < -0.39 is 0 Å². The number of nitrogens with zero attached hydrogens (tertiary/aromatic N) is 2. The van der Waals surface area contributed by atoms with Gasteiger partial charge in [-0.25, -0.2) is 0 Å². The number of hydrogen-bond acceptors (Lipinski definition) is 4. The quantitative estimate of drug-likeness (QED) is 0.866. The number of nitrogens with one attached hydrogen (secondary N) is 1. The third-order valence-corrected chi connectivity index (χ3v) is 5.95. The lowest BCUT2D eigenvalue weighted by atomic mass is 9.96. The number of morpholine rings is 1. The van der Waals surface area contributed by atoms with Crippen molar-refractivity contribution in [2.75, 3.05) is 36.4 Å². The van der Waals surface area contributed by atoms with Gasteiger partial charge in [0.25, 0.3) is 0 Å². The smallest absolute Gasteiger partial charge is 0.229 e. The minimum Gasteiger partial charge on any atom is -0.372 e. The van der Waals surface area contributed by atoms with Crippen molar-refractivity contribution in [3.63, 3.8) is 0 Å². The van der Waals surface area contributed by atoms with Gasteiger partial charge in [0, 0.05) is 32.1 Å². The Morgan fingerprint density at radius 2 is 1.71 bits per heavy atom. The molecule has 2 saturated heterocycles. The number of piperidine rings is 1. The zero-order valence-electron chi connectivity index (χ0n) is 16.9. The van der Waals surface area contributed by atoms with Crippen LogP contribution in [0.15, 0.2) is 24.3 Å². The average molecular weight is 386 g/mol. The summed E-state index contributed by atoms with van der Waals surface area (Å²) >= 11 is 0. The van der Waals surface area contributed by atoms with Crippen molar-refractivity contribution >= 4 is 23.2 Å². The zero-order valence-corrected chi connectivity index (χ0v) is 16.9. The summed E-state index contributed by atoms with van der Waals surface area (Å²) in [5.41, 5.74) is 1.89. The van der Waals surface area contributed by atoms with E-state index in [1.165, 1.54) is 0 Å². The first kappa shape index (κ1) is 19.2. The van der Waals surface area contributed by atoms with Crippen molar-refractivity contribution in [1.82, 2.24) is 4.90 Å². The molecule has 6 nitrogen and oxygen atoms in total. The Balaban J connectivity index is 1.43. The van der Waals surface area contributed by atoms with Gasteiger partial charge in [0.1, 0.15) is 0 Å². The largest absolute Gasteiger partial charge is 0.372 e. The minimum atomic E-state index is -0.132. The Bertz CT molecular complexity index is 723. The summed E-state index contributed by atoms with van der Waals surface area (Å²) in [6.07, 6.45) is 4.08. The highest BCUT2D eigenvalue weighted by atomic mass is 16.5. The summed E-state index contributed by atoms with van der Waals surface area (Å²) in [6.45, 7) is 7.12. The number of carbonyl (C=O) groups excluding carboxylic acids is 2. The lowest BCUT2D eigenvalue weighted by Gasteiger charge is -2.38. The third-order valence-electron chi connectivity index (χ3n) is 5.95. The Hall–Kier alpha value is -2.08. The third kappa shape index (κ3) is 4.32. The lowest BCUT2D eigenvalue weighted by molar-refractivity contribution is -0.135. The number of para-hydroxylation sites is 2. The summed E-state index contributed by atoms with van der Waals surface area (Å²) in [4.78, 5) is 29.6. The predicted molar refractivity (Wildman–Crippen MR) is 109 cm³/mol. The van der Waals surface area contributed by atoms with Crippen LogP contribution in [0.2, 0.25) is 0 Å². The fraction of sp³-hybridized carbons (Fsp3) is 0.636. The van der Waals surface area contributed by atoms with Gasteiger partial charge in [-0.15, -0.1) is 0 Å². The summed E-state index contributed by atoms with van der Waals surface area (Å²) in [5.74, 6) is 0.351. The van der Waals surface area contributed by atoms with Crippen LogP contribution in [0.5, 0.6) is 0 Å². The monoisotopic (exact) mass is 385 g/mol. The van der Waals surface area contributed by atoms with Crippen molar-refractivity contribution in [2.24, 2.45) is 11.8 Å². The van der Waals surface area contributed by atoms with Crippen LogP contribution in [0.1, 0.15) is 39.5 Å². The first-order valence-electron chi connectivity index (χ1n) is 10.6. The molecular weight excluding hydrogens is 354 g/mol. The van der Waals surface area contributed by atoms with E-state index in [0.29, 0.717) is 6.54 Å². The molecule has 0 radical (unpaired) electrons. The van der Waals surface area contributed by atoms with Crippen molar-refractivity contribution in [2.45, 2.75) is 51.7 Å². The highest BCUT2D eigenvalue weighted by molar-refractivity contribution is 5.96. The normalized spacial score (nSPS) is 28.1. The van der Waals surface area contributed by atoms with Crippen LogP contribution in [0.3, 0.4) is 0 Å². The Labute approximate surface area is 167 Å². The number of likely N-dealkylation sites (tertiary alicyclic amines) is 1. The summed E-state index contributed by atoms with van der Waals surface area (Å²) in [5, 5.41) is 3.15. The van der Waals surface area contributed by atoms with Gasteiger partial charge in [0.05, 0.1) is 29.5 Å². The molecule has 1 aliphatic carbocycles. The maximum atomic E-state index is 13.0. The number of anilines is 2. The maximum Gasteiger partial charge on any atom is 0.229 e. The molecule has 0 unspecified atom stereocenters. The highest BCUT2D eigenvalue weighted by Crippen LogP contribution is 2.33. The molecule has 1 aromatic carbocycles. The van der Waals surface area contributed by atoms with Crippen molar-refractivity contribution < 1.29 is 14.3 Å². The molecule has 2 aliphatic heterocycles. The van der Waals surface area contributed by atoms with Crippen LogP contribution >= 0.6 is 0 Å². The van der Waals surface area contributed by atoms with Crippen molar-refractivity contribution in [3.05, 3.63) is 24.3 Å². The number of ether oxygens (including phenoxy) is 1. The first-order chi connectivity index (χ1) is 13.5. The van der Waals surface area contributed by atoms with Crippen LogP contribution in [0.25, 0.3) is 0 Å². The molecule has 1 aromatic rings. The predicted octanol–water partition coefficient (Wildman–Crippen LogP) is 2.89. The number of carbonyl (C=O) groups is 2. The molecule has 28 heavy (non-hydrogen) atoms. The van der Waals surface area contributed by atoms with E-state index in [0.717, 1.165) is 56.7 Å². The van der Waals surface area contributed by atoms with Gasteiger partial charge < -0.3 is 19.9 Å². The molecule has 1 saturated carbocycles. The first-order valence-corrected chi connectivity index (χ1v) is 10.6. The minimum absolute atomic E-state index is 0.0232. The van der Waals surface area contributed by atoms with E-state index >= 15 is 0 Å². The number of rotatable bonds is 4. The number of hydrogen-bond donors (Lipinski definition) is 1. The molecule has 3 atom stereocenters. The lowest BCUT2D eigenvalue weighted by Crippen LogP contribution is -2.46. The topological polar surface area (TPSA) is 61.9 Å². The van der Waals surface area contributed by atoms with E-state index in [9.17, 15) is 9.59 Å². The van der Waals surface area contributed by atoms with E-state index in [1.54, 1.807) is 0 Å². The van der Waals surface area contributed by atoms with E-state index in [4.69, 9.17) is 4.74 Å². The van der Waals surface area contributed by atoms with Crippen molar-refractivity contribution in [1.29, 1.82) is 0 Å². The molecule has 0 aromatic heterocycles.